The lowest BCUT2D eigenvalue weighted by molar-refractivity contribution is -0.141. The van der Waals surface area contributed by atoms with Crippen molar-refractivity contribution in [2.24, 2.45) is 0 Å². The molecule has 1 aromatic carbocycles. The zero-order valence-electron chi connectivity index (χ0n) is 10.2. The number of carboxylic acids is 1. The van der Waals surface area contributed by atoms with Crippen LogP contribution in [-0.4, -0.2) is 45.8 Å². The van der Waals surface area contributed by atoms with Crippen LogP contribution in [0, 0.1) is 11.6 Å². The van der Waals surface area contributed by atoms with E-state index < -0.39 is 35.8 Å². The first-order valence-corrected chi connectivity index (χ1v) is 5.82. The fourth-order valence-electron chi connectivity index (χ4n) is 2.04. The molecule has 0 aliphatic carbocycles. The van der Waals surface area contributed by atoms with Crippen LogP contribution in [0.5, 0.6) is 0 Å². The van der Waals surface area contributed by atoms with Crippen molar-refractivity contribution >= 4 is 17.7 Å². The number of hydrogen-bond donors (Lipinski definition) is 3. The summed E-state index contributed by atoms with van der Waals surface area (Å²) in [5.41, 5.74) is -0.000529. The molecule has 1 fully saturated rings. The number of halogens is 2. The molecule has 2 atom stereocenters. The molecule has 0 aromatic heterocycles. The Morgan fingerprint density at radius 1 is 1.30 bits per heavy atom. The summed E-state index contributed by atoms with van der Waals surface area (Å²) in [6, 6.07) is 0.849. The van der Waals surface area contributed by atoms with E-state index in [2.05, 4.69) is 5.32 Å². The highest BCUT2D eigenvalue weighted by Gasteiger charge is 2.39. The number of anilines is 1. The number of hydrogen-bond acceptors (Lipinski definition) is 3. The molecule has 8 heteroatoms. The van der Waals surface area contributed by atoms with Crippen molar-refractivity contribution in [1.82, 2.24) is 4.90 Å². The average molecular weight is 286 g/mol. The minimum Gasteiger partial charge on any atom is -0.480 e. The second-order valence-electron chi connectivity index (χ2n) is 4.45. The molecular formula is C12H12F2N2O4. The Bertz CT molecular complexity index is 552. The van der Waals surface area contributed by atoms with Gasteiger partial charge in [-0.25, -0.2) is 18.4 Å². The Morgan fingerprint density at radius 3 is 2.60 bits per heavy atom. The molecule has 1 heterocycles. The van der Waals surface area contributed by atoms with Crippen molar-refractivity contribution < 1.29 is 28.6 Å². The number of urea groups is 1. The van der Waals surface area contributed by atoms with Gasteiger partial charge in [0.1, 0.15) is 6.04 Å². The molecule has 2 rings (SSSR count). The van der Waals surface area contributed by atoms with Crippen molar-refractivity contribution in [3.63, 3.8) is 0 Å². The number of benzene rings is 1. The van der Waals surface area contributed by atoms with E-state index in [1.54, 1.807) is 0 Å². The summed E-state index contributed by atoms with van der Waals surface area (Å²) in [7, 11) is 0. The quantitative estimate of drug-likeness (QED) is 0.757. The van der Waals surface area contributed by atoms with Crippen molar-refractivity contribution in [3.05, 3.63) is 29.8 Å². The number of carbonyl (C=O) groups excluding carboxylic acids is 1. The molecule has 2 amide bonds. The maximum absolute atomic E-state index is 13.0. The Kier molecular flexibility index (Phi) is 3.84. The summed E-state index contributed by atoms with van der Waals surface area (Å²) in [6.45, 7) is -0.132. The zero-order valence-corrected chi connectivity index (χ0v) is 10.2. The van der Waals surface area contributed by atoms with Crippen LogP contribution >= 0.6 is 0 Å². The number of likely N-dealkylation sites (tertiary alicyclic amines) is 1. The summed E-state index contributed by atoms with van der Waals surface area (Å²) in [5, 5.41) is 20.6. The zero-order chi connectivity index (χ0) is 14.9. The smallest absolute Gasteiger partial charge is 0.326 e. The molecule has 1 aliphatic rings. The number of nitrogens with one attached hydrogen (secondary N) is 1. The van der Waals surface area contributed by atoms with E-state index in [4.69, 9.17) is 5.11 Å². The van der Waals surface area contributed by atoms with E-state index in [-0.39, 0.29) is 18.7 Å². The van der Waals surface area contributed by atoms with Gasteiger partial charge in [-0.15, -0.1) is 0 Å². The van der Waals surface area contributed by atoms with Crippen LogP contribution in [0.15, 0.2) is 18.2 Å². The molecule has 108 valence electrons. The number of amides is 2. The van der Waals surface area contributed by atoms with Gasteiger partial charge in [-0.3, -0.25) is 0 Å². The minimum atomic E-state index is -1.23. The average Bonchev–Trinajstić information content (AvgIpc) is 2.76. The lowest BCUT2D eigenvalue weighted by atomic mass is 10.2. The predicted molar refractivity (Wildman–Crippen MR) is 64.1 cm³/mol. The molecule has 6 nitrogen and oxygen atoms in total. The minimum absolute atomic E-state index is 0.000529. The van der Waals surface area contributed by atoms with Crippen LogP contribution < -0.4 is 5.32 Å². The first-order valence-electron chi connectivity index (χ1n) is 5.82. The van der Waals surface area contributed by atoms with Gasteiger partial charge < -0.3 is 20.4 Å². The van der Waals surface area contributed by atoms with Gasteiger partial charge in [0.05, 0.1) is 6.10 Å². The highest BCUT2D eigenvalue weighted by Crippen LogP contribution is 2.20. The third-order valence-corrected chi connectivity index (χ3v) is 3.00. The molecular weight excluding hydrogens is 274 g/mol. The monoisotopic (exact) mass is 286 g/mol. The van der Waals surface area contributed by atoms with E-state index in [0.29, 0.717) is 0 Å². The van der Waals surface area contributed by atoms with Crippen molar-refractivity contribution in [2.75, 3.05) is 11.9 Å². The van der Waals surface area contributed by atoms with E-state index in [1.807, 2.05) is 0 Å². The second kappa shape index (κ2) is 5.41. The van der Waals surface area contributed by atoms with Crippen molar-refractivity contribution in [3.8, 4) is 0 Å². The largest absolute Gasteiger partial charge is 0.480 e. The first kappa shape index (κ1) is 14.2. The topological polar surface area (TPSA) is 89.9 Å². The Morgan fingerprint density at radius 2 is 2.00 bits per heavy atom. The highest BCUT2D eigenvalue weighted by atomic mass is 19.2. The third-order valence-electron chi connectivity index (χ3n) is 3.00. The standard InChI is InChI=1S/C12H12F2N2O4/c13-8-2-1-6(3-9(8)14)15-12(20)16-5-7(17)4-10(16)11(18)19/h1-3,7,10,17H,4-5H2,(H,15,20)(H,18,19). The number of aliphatic carboxylic acids is 1. The molecule has 1 saturated heterocycles. The molecule has 1 aromatic rings. The number of aliphatic hydroxyl groups excluding tert-OH is 1. The summed E-state index contributed by atoms with van der Waals surface area (Å²) in [5.74, 6) is -3.41. The Labute approximate surface area is 112 Å². The number of β-amino-alcohol motifs (C(OH)–C–C–N with tert-alkyl or cyclic N) is 1. The molecule has 1 aliphatic heterocycles. The fourth-order valence-corrected chi connectivity index (χ4v) is 2.04. The third kappa shape index (κ3) is 2.85. The predicted octanol–water partition coefficient (Wildman–Crippen LogP) is 1.02. The number of rotatable bonds is 2. The molecule has 0 radical (unpaired) electrons. The van der Waals surface area contributed by atoms with Crippen molar-refractivity contribution in [2.45, 2.75) is 18.6 Å². The molecule has 3 N–H and O–H groups in total. The van der Waals surface area contributed by atoms with Gasteiger partial charge in [-0.05, 0) is 12.1 Å². The summed E-state index contributed by atoms with van der Waals surface area (Å²) in [6.07, 6.45) is -0.993. The maximum Gasteiger partial charge on any atom is 0.326 e. The van der Waals surface area contributed by atoms with E-state index >= 15 is 0 Å². The van der Waals surface area contributed by atoms with Gasteiger partial charge in [-0.2, -0.15) is 0 Å². The Hall–Kier alpha value is -2.22. The SMILES string of the molecule is O=C(O)C1CC(O)CN1C(=O)Nc1ccc(F)c(F)c1. The first-order chi connectivity index (χ1) is 9.38. The Balaban J connectivity index is 2.11. The molecule has 0 bridgehead atoms. The lowest BCUT2D eigenvalue weighted by Gasteiger charge is -2.21. The number of carboxylic acid groups (broad SMARTS) is 1. The summed E-state index contributed by atoms with van der Waals surface area (Å²) in [4.78, 5) is 23.8. The van der Waals surface area contributed by atoms with Crippen LogP contribution in [0.2, 0.25) is 0 Å². The van der Waals surface area contributed by atoms with Gasteiger partial charge >= 0.3 is 12.0 Å². The lowest BCUT2D eigenvalue weighted by Crippen LogP contribution is -2.43. The van der Waals surface area contributed by atoms with Crippen LogP contribution in [0.1, 0.15) is 6.42 Å². The van der Waals surface area contributed by atoms with Gasteiger partial charge in [-0.1, -0.05) is 0 Å². The molecule has 2 unspecified atom stereocenters. The van der Waals surface area contributed by atoms with E-state index in [9.17, 15) is 23.5 Å². The summed E-state index contributed by atoms with van der Waals surface area (Å²) < 4.78 is 25.7. The number of aliphatic hydroxyl groups is 1. The summed E-state index contributed by atoms with van der Waals surface area (Å²) >= 11 is 0. The molecule has 0 saturated carbocycles. The van der Waals surface area contributed by atoms with Crippen LogP contribution in [0.4, 0.5) is 19.3 Å². The number of nitrogens with zero attached hydrogens (tertiary/aromatic N) is 1. The second-order valence-corrected chi connectivity index (χ2v) is 4.45. The van der Waals surface area contributed by atoms with Gasteiger partial charge in [0.15, 0.2) is 11.6 Å². The van der Waals surface area contributed by atoms with Gasteiger partial charge in [0.25, 0.3) is 0 Å². The van der Waals surface area contributed by atoms with Crippen LogP contribution in [-0.2, 0) is 4.79 Å². The van der Waals surface area contributed by atoms with Crippen LogP contribution in [0.25, 0.3) is 0 Å². The van der Waals surface area contributed by atoms with Crippen molar-refractivity contribution in [1.29, 1.82) is 0 Å². The maximum atomic E-state index is 13.0. The normalized spacial score (nSPS) is 21.9. The fraction of sp³-hybridized carbons (Fsp3) is 0.333. The number of carbonyl (C=O) groups is 2. The van der Waals surface area contributed by atoms with Gasteiger partial charge in [0.2, 0.25) is 0 Å². The molecule has 20 heavy (non-hydrogen) atoms. The highest BCUT2D eigenvalue weighted by molar-refractivity contribution is 5.92. The van der Waals surface area contributed by atoms with Crippen LogP contribution in [0.3, 0.4) is 0 Å². The van der Waals surface area contributed by atoms with E-state index in [1.165, 1.54) is 0 Å². The van der Waals surface area contributed by atoms with E-state index in [0.717, 1.165) is 23.1 Å². The molecule has 0 spiro atoms. The van der Waals surface area contributed by atoms with Gasteiger partial charge in [0, 0.05) is 24.7 Å².